The van der Waals surface area contributed by atoms with Gasteiger partial charge in [-0.2, -0.15) is 13.2 Å². The number of nitrogens with one attached hydrogen (secondary N) is 2. The lowest BCUT2D eigenvalue weighted by Gasteiger charge is -2.34. The second-order valence-electron chi connectivity index (χ2n) is 5.28. The predicted molar refractivity (Wildman–Crippen MR) is 64.8 cm³/mol. The molecule has 2 saturated heterocycles. The third kappa shape index (κ3) is 3.99. The van der Waals surface area contributed by atoms with Gasteiger partial charge in [0.15, 0.2) is 0 Å². The first kappa shape index (κ1) is 14.4. The first-order valence-electron chi connectivity index (χ1n) is 6.79. The predicted octanol–water partition coefficient (Wildman–Crippen LogP) is 1.72. The number of nitrogens with zero attached hydrogens (tertiary/aromatic N) is 1. The molecule has 2 fully saturated rings. The Hall–Kier alpha value is -0.980. The van der Waals surface area contributed by atoms with Crippen LogP contribution in [0, 0.1) is 5.92 Å². The number of carbonyl (C=O) groups excluding carboxylic acids is 1. The van der Waals surface area contributed by atoms with E-state index in [1.54, 1.807) is 4.90 Å². The molecule has 0 aromatic carbocycles. The smallest absolute Gasteiger partial charge is 0.329 e. The maximum absolute atomic E-state index is 12.1. The molecule has 4 nitrogen and oxygen atoms in total. The SMILES string of the molecule is O=C(NCC(F)(F)F)N1CCCC1C1CCCNC1. The Kier molecular flexibility index (Phi) is 4.54. The largest absolute Gasteiger partial charge is 0.405 e. The number of hydrogen-bond acceptors (Lipinski definition) is 2. The first-order chi connectivity index (χ1) is 8.97. The van der Waals surface area contributed by atoms with E-state index in [1.807, 2.05) is 5.32 Å². The Morgan fingerprint density at radius 1 is 1.32 bits per heavy atom. The monoisotopic (exact) mass is 279 g/mol. The van der Waals surface area contributed by atoms with Crippen LogP contribution in [0.2, 0.25) is 0 Å². The summed E-state index contributed by atoms with van der Waals surface area (Å²) in [6.45, 7) is 1.15. The maximum atomic E-state index is 12.1. The summed E-state index contributed by atoms with van der Waals surface area (Å²) < 4.78 is 36.3. The molecule has 2 rings (SSSR count). The van der Waals surface area contributed by atoms with Gasteiger partial charge in [-0.15, -0.1) is 0 Å². The van der Waals surface area contributed by atoms with Crippen LogP contribution in [0.5, 0.6) is 0 Å². The van der Waals surface area contributed by atoms with E-state index < -0.39 is 18.8 Å². The number of hydrogen-bond donors (Lipinski definition) is 2. The van der Waals surface area contributed by atoms with Crippen molar-refractivity contribution in [3.05, 3.63) is 0 Å². The van der Waals surface area contributed by atoms with Gasteiger partial charge in [0, 0.05) is 12.6 Å². The van der Waals surface area contributed by atoms with Crippen LogP contribution in [0.25, 0.3) is 0 Å². The van der Waals surface area contributed by atoms with Crippen LogP contribution in [-0.4, -0.2) is 49.3 Å². The van der Waals surface area contributed by atoms with Crippen molar-refractivity contribution >= 4 is 6.03 Å². The highest BCUT2D eigenvalue weighted by Crippen LogP contribution is 2.28. The average molecular weight is 279 g/mol. The van der Waals surface area contributed by atoms with Crippen molar-refractivity contribution < 1.29 is 18.0 Å². The summed E-state index contributed by atoms with van der Waals surface area (Å²) in [4.78, 5) is 13.4. The molecule has 0 radical (unpaired) electrons. The van der Waals surface area contributed by atoms with Crippen molar-refractivity contribution in [3.8, 4) is 0 Å². The summed E-state index contributed by atoms with van der Waals surface area (Å²) in [6, 6.07) is -0.494. The van der Waals surface area contributed by atoms with Crippen LogP contribution < -0.4 is 10.6 Å². The summed E-state index contributed by atoms with van der Waals surface area (Å²) >= 11 is 0. The second-order valence-corrected chi connectivity index (χ2v) is 5.28. The number of rotatable bonds is 2. The van der Waals surface area contributed by atoms with E-state index in [0.29, 0.717) is 12.5 Å². The molecule has 110 valence electrons. The van der Waals surface area contributed by atoms with Crippen LogP contribution in [-0.2, 0) is 0 Å². The van der Waals surface area contributed by atoms with Crippen molar-refractivity contribution in [3.63, 3.8) is 0 Å². The number of amides is 2. The Labute approximate surface area is 110 Å². The molecule has 0 aliphatic carbocycles. The van der Waals surface area contributed by atoms with E-state index >= 15 is 0 Å². The van der Waals surface area contributed by atoms with Gasteiger partial charge in [0.25, 0.3) is 0 Å². The van der Waals surface area contributed by atoms with Gasteiger partial charge in [-0.1, -0.05) is 0 Å². The fraction of sp³-hybridized carbons (Fsp3) is 0.917. The lowest BCUT2D eigenvalue weighted by molar-refractivity contribution is -0.123. The molecule has 2 aliphatic rings. The van der Waals surface area contributed by atoms with Gasteiger partial charge >= 0.3 is 12.2 Å². The van der Waals surface area contributed by atoms with Gasteiger partial charge in [-0.25, -0.2) is 4.79 Å². The van der Waals surface area contributed by atoms with Crippen molar-refractivity contribution in [2.45, 2.75) is 37.9 Å². The number of likely N-dealkylation sites (tertiary alicyclic amines) is 1. The Balaban J connectivity index is 1.88. The Morgan fingerprint density at radius 2 is 2.11 bits per heavy atom. The summed E-state index contributed by atoms with van der Waals surface area (Å²) in [5.41, 5.74) is 0. The molecular formula is C12H20F3N3O. The molecule has 0 aromatic heterocycles. The number of piperidine rings is 1. The van der Waals surface area contributed by atoms with Gasteiger partial charge in [0.2, 0.25) is 0 Å². The zero-order valence-electron chi connectivity index (χ0n) is 10.8. The molecule has 19 heavy (non-hydrogen) atoms. The summed E-state index contributed by atoms with van der Waals surface area (Å²) in [5.74, 6) is 0.368. The summed E-state index contributed by atoms with van der Waals surface area (Å²) in [5, 5.41) is 5.26. The maximum Gasteiger partial charge on any atom is 0.405 e. The highest BCUT2D eigenvalue weighted by Gasteiger charge is 2.36. The van der Waals surface area contributed by atoms with E-state index in [-0.39, 0.29) is 6.04 Å². The lowest BCUT2D eigenvalue weighted by Crippen LogP contribution is -2.50. The van der Waals surface area contributed by atoms with Crippen molar-refractivity contribution in [2.24, 2.45) is 5.92 Å². The Bertz CT molecular complexity index is 316. The molecule has 7 heteroatoms. The van der Waals surface area contributed by atoms with E-state index in [4.69, 9.17) is 0 Å². The third-order valence-corrected chi connectivity index (χ3v) is 3.88. The normalized spacial score (nSPS) is 28.5. The van der Waals surface area contributed by atoms with E-state index in [1.165, 1.54) is 0 Å². The van der Waals surface area contributed by atoms with Gasteiger partial charge in [0.05, 0.1) is 0 Å². The molecule has 2 aliphatic heterocycles. The zero-order valence-corrected chi connectivity index (χ0v) is 10.8. The molecule has 0 aromatic rings. The van der Waals surface area contributed by atoms with Gasteiger partial charge in [0.1, 0.15) is 6.54 Å². The average Bonchev–Trinajstić information content (AvgIpc) is 2.85. The minimum Gasteiger partial charge on any atom is -0.329 e. The first-order valence-corrected chi connectivity index (χ1v) is 6.79. The summed E-state index contributed by atoms with van der Waals surface area (Å²) in [7, 11) is 0. The molecule has 2 N–H and O–H groups in total. The Morgan fingerprint density at radius 3 is 2.74 bits per heavy atom. The van der Waals surface area contributed by atoms with E-state index in [9.17, 15) is 18.0 Å². The van der Waals surface area contributed by atoms with Gasteiger partial charge in [-0.3, -0.25) is 0 Å². The highest BCUT2D eigenvalue weighted by atomic mass is 19.4. The zero-order chi connectivity index (χ0) is 13.9. The van der Waals surface area contributed by atoms with Gasteiger partial charge in [-0.05, 0) is 44.7 Å². The van der Waals surface area contributed by atoms with Crippen molar-refractivity contribution in [1.29, 1.82) is 0 Å². The van der Waals surface area contributed by atoms with Crippen LogP contribution in [0.15, 0.2) is 0 Å². The second kappa shape index (κ2) is 5.98. The topological polar surface area (TPSA) is 44.4 Å². The number of carbonyl (C=O) groups is 1. The molecule has 0 spiro atoms. The minimum atomic E-state index is -4.35. The summed E-state index contributed by atoms with van der Waals surface area (Å²) in [6.07, 6.45) is -0.469. The third-order valence-electron chi connectivity index (χ3n) is 3.88. The molecule has 2 heterocycles. The van der Waals surface area contributed by atoms with E-state index in [2.05, 4.69) is 5.32 Å². The van der Waals surface area contributed by atoms with Crippen molar-refractivity contribution in [2.75, 3.05) is 26.2 Å². The van der Waals surface area contributed by atoms with Gasteiger partial charge < -0.3 is 15.5 Å². The number of halogens is 3. The molecular weight excluding hydrogens is 259 g/mol. The number of alkyl halides is 3. The quantitative estimate of drug-likeness (QED) is 0.808. The van der Waals surface area contributed by atoms with E-state index in [0.717, 1.165) is 38.8 Å². The fourth-order valence-electron chi connectivity index (χ4n) is 3.02. The van der Waals surface area contributed by atoms with Crippen molar-refractivity contribution in [1.82, 2.24) is 15.5 Å². The highest BCUT2D eigenvalue weighted by molar-refractivity contribution is 5.75. The molecule has 2 atom stereocenters. The van der Waals surface area contributed by atoms with Crippen LogP contribution in [0.1, 0.15) is 25.7 Å². The molecule has 2 amide bonds. The number of urea groups is 1. The van der Waals surface area contributed by atoms with Crippen LogP contribution in [0.4, 0.5) is 18.0 Å². The standard InChI is InChI=1S/C12H20F3N3O/c13-12(14,15)8-17-11(19)18-6-2-4-10(18)9-3-1-5-16-7-9/h9-10,16H,1-8H2,(H,17,19). The van der Waals surface area contributed by atoms with Crippen LogP contribution in [0.3, 0.4) is 0 Å². The minimum absolute atomic E-state index is 0.0843. The molecule has 0 saturated carbocycles. The molecule has 0 bridgehead atoms. The lowest BCUT2D eigenvalue weighted by atomic mass is 9.90. The van der Waals surface area contributed by atoms with Crippen LogP contribution >= 0.6 is 0 Å². The molecule has 2 unspecified atom stereocenters. The fourth-order valence-corrected chi connectivity index (χ4v) is 3.02.